The molecule has 0 fully saturated rings. The van der Waals surface area contributed by atoms with Gasteiger partial charge in [-0.3, -0.25) is 0 Å². The van der Waals surface area contributed by atoms with Gasteiger partial charge in [-0.05, 0) is 24.3 Å². The Labute approximate surface area is 123 Å². The average Bonchev–Trinajstić information content (AvgIpc) is 2.98. The Morgan fingerprint density at radius 1 is 0.955 bits per heavy atom. The van der Waals surface area contributed by atoms with Crippen LogP contribution in [-0.4, -0.2) is 11.8 Å². The fraction of sp³-hybridized carbons (Fsp3) is 0.0588. The van der Waals surface area contributed by atoms with Crippen molar-refractivity contribution in [3.8, 4) is 11.5 Å². The summed E-state index contributed by atoms with van der Waals surface area (Å²) in [4.78, 5) is 16.9. The van der Waals surface area contributed by atoms with Crippen molar-refractivity contribution in [2.24, 2.45) is 0 Å². The fourth-order valence-electron chi connectivity index (χ4n) is 2.83. The third-order valence-corrected chi connectivity index (χ3v) is 3.87. The van der Waals surface area contributed by atoms with Crippen molar-refractivity contribution in [1.82, 2.24) is 4.98 Å². The number of aromatic nitrogens is 1. The van der Waals surface area contributed by atoms with Crippen LogP contribution >= 0.6 is 0 Å². The second kappa shape index (κ2) is 3.98. The lowest BCUT2D eigenvalue weighted by molar-refractivity contribution is 0.174. The Morgan fingerprint density at radius 2 is 1.77 bits per heavy atom. The van der Waals surface area contributed by atoms with Crippen molar-refractivity contribution < 1.29 is 13.9 Å². The molecule has 5 nitrogen and oxygen atoms in total. The second-order valence-electron chi connectivity index (χ2n) is 5.17. The molecule has 1 aliphatic heterocycles. The topological polar surface area (TPSA) is 61.6 Å². The van der Waals surface area contributed by atoms with Crippen LogP contribution in [0.15, 0.2) is 51.7 Å². The molecule has 0 saturated heterocycles. The summed E-state index contributed by atoms with van der Waals surface area (Å²) in [7, 11) is 0. The van der Waals surface area contributed by atoms with E-state index in [9.17, 15) is 4.79 Å². The summed E-state index contributed by atoms with van der Waals surface area (Å²) in [6, 6.07) is 12.8. The van der Waals surface area contributed by atoms with Gasteiger partial charge in [0.2, 0.25) is 6.79 Å². The molecule has 0 aliphatic carbocycles. The number of hydrogen-bond donors (Lipinski definition) is 0. The Hall–Kier alpha value is -3.08. The number of benzene rings is 2. The lowest BCUT2D eigenvalue weighted by atomic mass is 10.1. The normalized spacial score (nSPS) is 13.3. The highest BCUT2D eigenvalue weighted by Gasteiger charge is 2.16. The van der Waals surface area contributed by atoms with Gasteiger partial charge in [-0.1, -0.05) is 12.1 Å². The minimum atomic E-state index is -0.388. The predicted molar refractivity (Wildman–Crippen MR) is 81.4 cm³/mol. The Balaban J connectivity index is 1.99. The third kappa shape index (κ3) is 1.47. The monoisotopic (exact) mass is 291 g/mol. The van der Waals surface area contributed by atoms with E-state index in [1.165, 1.54) is 0 Å². The van der Waals surface area contributed by atoms with E-state index < -0.39 is 0 Å². The number of hydrogen-bond acceptors (Lipinski definition) is 5. The van der Waals surface area contributed by atoms with Crippen LogP contribution in [0.1, 0.15) is 0 Å². The second-order valence-corrected chi connectivity index (χ2v) is 5.17. The molecule has 4 aromatic rings. The summed E-state index contributed by atoms with van der Waals surface area (Å²) in [5.41, 5.74) is 1.54. The maximum Gasteiger partial charge on any atom is 0.345 e. The number of rotatable bonds is 0. The van der Waals surface area contributed by atoms with Gasteiger partial charge < -0.3 is 13.9 Å². The van der Waals surface area contributed by atoms with Crippen LogP contribution in [0.3, 0.4) is 0 Å². The fourth-order valence-corrected chi connectivity index (χ4v) is 2.83. The maximum atomic E-state index is 12.2. The summed E-state index contributed by atoms with van der Waals surface area (Å²) in [5.74, 6) is 1.34. The van der Waals surface area contributed by atoms with Crippen LogP contribution in [0, 0.1) is 0 Å². The first-order valence-electron chi connectivity index (χ1n) is 6.85. The van der Waals surface area contributed by atoms with Gasteiger partial charge in [0.1, 0.15) is 5.58 Å². The first-order chi connectivity index (χ1) is 10.8. The molecule has 0 amide bonds. The van der Waals surface area contributed by atoms with E-state index in [1.807, 2.05) is 30.3 Å². The van der Waals surface area contributed by atoms with Crippen molar-refractivity contribution in [3.05, 3.63) is 52.9 Å². The predicted octanol–water partition coefficient (Wildman–Crippen LogP) is 3.22. The Morgan fingerprint density at radius 3 is 2.68 bits per heavy atom. The largest absolute Gasteiger partial charge is 0.454 e. The molecule has 1 aliphatic rings. The zero-order valence-electron chi connectivity index (χ0n) is 11.3. The van der Waals surface area contributed by atoms with Gasteiger partial charge in [0.25, 0.3) is 0 Å². The van der Waals surface area contributed by atoms with Crippen LogP contribution in [-0.2, 0) is 0 Å². The highest BCUT2D eigenvalue weighted by Crippen LogP contribution is 2.36. The van der Waals surface area contributed by atoms with E-state index in [1.54, 1.807) is 12.1 Å². The molecule has 22 heavy (non-hydrogen) atoms. The molecule has 5 heteroatoms. The molecule has 3 heterocycles. The van der Waals surface area contributed by atoms with E-state index in [0.29, 0.717) is 28.0 Å². The van der Waals surface area contributed by atoms with Crippen LogP contribution in [0.25, 0.3) is 32.8 Å². The molecule has 0 bridgehead atoms. The van der Waals surface area contributed by atoms with Crippen molar-refractivity contribution in [2.45, 2.75) is 0 Å². The summed E-state index contributed by atoms with van der Waals surface area (Å²) >= 11 is 0. The number of pyridine rings is 1. The molecule has 0 N–H and O–H groups in total. The number of ether oxygens (including phenoxy) is 2. The van der Waals surface area contributed by atoms with Gasteiger partial charge in [-0.25, -0.2) is 9.78 Å². The lowest BCUT2D eigenvalue weighted by Crippen LogP contribution is -2.01. The average molecular weight is 291 g/mol. The highest BCUT2D eigenvalue weighted by atomic mass is 16.7. The molecule has 0 spiro atoms. The van der Waals surface area contributed by atoms with Gasteiger partial charge in [-0.2, -0.15) is 0 Å². The first kappa shape index (κ1) is 11.6. The van der Waals surface area contributed by atoms with E-state index in [4.69, 9.17) is 13.9 Å². The third-order valence-electron chi connectivity index (χ3n) is 3.87. The van der Waals surface area contributed by atoms with E-state index >= 15 is 0 Å². The van der Waals surface area contributed by atoms with Crippen molar-refractivity contribution in [1.29, 1.82) is 0 Å². The first-order valence-corrected chi connectivity index (χ1v) is 6.85. The van der Waals surface area contributed by atoms with Crippen LogP contribution in [0.2, 0.25) is 0 Å². The molecule has 0 saturated carbocycles. The zero-order valence-corrected chi connectivity index (χ0v) is 11.3. The lowest BCUT2D eigenvalue weighted by Gasteiger charge is -2.05. The number of para-hydroxylation sites is 1. The molecular formula is C17H9NO4. The van der Waals surface area contributed by atoms with Gasteiger partial charge >= 0.3 is 5.63 Å². The Bertz CT molecular complexity index is 1130. The van der Waals surface area contributed by atoms with Gasteiger partial charge in [0, 0.05) is 16.8 Å². The molecule has 5 rings (SSSR count). The van der Waals surface area contributed by atoms with Gasteiger partial charge in [0.15, 0.2) is 11.5 Å². The van der Waals surface area contributed by atoms with Crippen molar-refractivity contribution in [3.63, 3.8) is 0 Å². The zero-order chi connectivity index (χ0) is 14.7. The van der Waals surface area contributed by atoms with Crippen LogP contribution < -0.4 is 15.1 Å². The molecule has 0 unspecified atom stereocenters. The molecular weight excluding hydrogens is 282 g/mol. The standard InChI is InChI=1S/C17H9NO4/c19-17-11-5-9-6-14-15(21-8-20-14)7-12(9)18-16(11)10-3-1-2-4-13(10)22-17/h1-7H,8H2. The van der Waals surface area contributed by atoms with E-state index in [0.717, 1.165) is 16.3 Å². The molecule has 2 aromatic heterocycles. The number of nitrogens with zero attached hydrogens (tertiary/aromatic N) is 1. The molecule has 0 atom stereocenters. The minimum absolute atomic E-state index is 0.205. The van der Waals surface area contributed by atoms with Crippen LogP contribution in [0.4, 0.5) is 0 Å². The maximum absolute atomic E-state index is 12.2. The SMILES string of the molecule is O=c1oc2ccccc2c2nc3cc4c(cc3cc12)OCO4. The van der Waals surface area contributed by atoms with Crippen molar-refractivity contribution in [2.75, 3.05) is 6.79 Å². The molecule has 0 radical (unpaired) electrons. The van der Waals surface area contributed by atoms with Crippen LogP contribution in [0.5, 0.6) is 11.5 Å². The van der Waals surface area contributed by atoms with E-state index in [2.05, 4.69) is 4.98 Å². The van der Waals surface area contributed by atoms with Gasteiger partial charge in [-0.15, -0.1) is 0 Å². The summed E-state index contributed by atoms with van der Waals surface area (Å²) in [5, 5.41) is 2.10. The minimum Gasteiger partial charge on any atom is -0.454 e. The summed E-state index contributed by atoms with van der Waals surface area (Å²) in [6.45, 7) is 0.205. The molecule has 106 valence electrons. The number of fused-ring (bicyclic) bond motifs is 5. The highest BCUT2D eigenvalue weighted by molar-refractivity contribution is 6.05. The Kier molecular flexibility index (Phi) is 2.09. The van der Waals surface area contributed by atoms with E-state index in [-0.39, 0.29) is 12.4 Å². The quantitative estimate of drug-likeness (QED) is 0.283. The molecule has 2 aromatic carbocycles. The summed E-state index contributed by atoms with van der Waals surface area (Å²) < 4.78 is 16.1. The van der Waals surface area contributed by atoms with Gasteiger partial charge in [0.05, 0.1) is 16.4 Å². The van der Waals surface area contributed by atoms with Crippen molar-refractivity contribution >= 4 is 32.8 Å². The summed E-state index contributed by atoms with van der Waals surface area (Å²) in [6.07, 6.45) is 0. The smallest absolute Gasteiger partial charge is 0.345 e.